The molecule has 3 saturated heterocycles. The van der Waals surface area contributed by atoms with Crippen LogP contribution >= 0.6 is 0 Å². The van der Waals surface area contributed by atoms with Crippen LogP contribution in [0.4, 0.5) is 11.5 Å². The largest absolute Gasteiger partial charge is 0.381 e. The number of pyridine rings is 1. The van der Waals surface area contributed by atoms with Crippen molar-refractivity contribution in [2.75, 3.05) is 37.3 Å². The lowest BCUT2D eigenvalue weighted by molar-refractivity contribution is 0.0975. The Morgan fingerprint density at radius 1 is 1.35 bits per heavy atom. The lowest BCUT2D eigenvalue weighted by Crippen LogP contribution is -2.53. The van der Waals surface area contributed by atoms with Gasteiger partial charge in [0.05, 0.1) is 0 Å². The van der Waals surface area contributed by atoms with Crippen molar-refractivity contribution in [3.05, 3.63) is 18.3 Å². The molecule has 0 saturated carbocycles. The Bertz CT molecular complexity index is 385. The fraction of sp³-hybridized carbons (Fsp3) is 0.615. The second kappa shape index (κ2) is 4.53. The zero-order valence-electron chi connectivity index (χ0n) is 10.3. The molecule has 0 amide bonds. The molecule has 1 aromatic rings. The molecule has 3 aliphatic heterocycles. The van der Waals surface area contributed by atoms with Gasteiger partial charge in [-0.15, -0.1) is 0 Å². The van der Waals surface area contributed by atoms with E-state index >= 15 is 0 Å². The van der Waals surface area contributed by atoms with Crippen molar-refractivity contribution in [1.82, 2.24) is 9.88 Å². The molecular formula is C13H20N4. The number of hydrogen-bond acceptors (Lipinski definition) is 4. The normalized spacial score (nSPS) is 31.2. The van der Waals surface area contributed by atoms with E-state index in [2.05, 4.69) is 32.7 Å². The zero-order valence-corrected chi connectivity index (χ0v) is 10.3. The van der Waals surface area contributed by atoms with Crippen LogP contribution in [0.2, 0.25) is 0 Å². The van der Waals surface area contributed by atoms with Crippen molar-refractivity contribution >= 4 is 11.5 Å². The SMILES string of the molecule is CNc1cc(NC2CN3CCC2CC3)ccn1. The molecule has 1 unspecified atom stereocenters. The average Bonchev–Trinajstić information content (AvgIpc) is 2.40. The molecule has 3 fully saturated rings. The molecule has 17 heavy (non-hydrogen) atoms. The maximum Gasteiger partial charge on any atom is 0.127 e. The molecule has 2 N–H and O–H groups in total. The molecule has 0 spiro atoms. The van der Waals surface area contributed by atoms with Crippen LogP contribution in [0.5, 0.6) is 0 Å². The van der Waals surface area contributed by atoms with Gasteiger partial charge in [-0.2, -0.15) is 0 Å². The van der Waals surface area contributed by atoms with Crippen LogP contribution in [0.25, 0.3) is 0 Å². The minimum absolute atomic E-state index is 0.615. The number of anilines is 2. The fourth-order valence-corrected chi connectivity index (χ4v) is 3.00. The van der Waals surface area contributed by atoms with Gasteiger partial charge < -0.3 is 15.5 Å². The standard InChI is InChI=1S/C13H20N4/c1-14-13-8-11(2-5-15-13)16-12-9-17-6-3-10(12)4-7-17/h2,5,8,10,12H,3-4,6-7,9H2,1H3,(H2,14,15,16). The molecule has 0 aromatic carbocycles. The van der Waals surface area contributed by atoms with Crippen molar-refractivity contribution in [3.8, 4) is 0 Å². The van der Waals surface area contributed by atoms with E-state index in [1.54, 1.807) is 0 Å². The van der Waals surface area contributed by atoms with E-state index in [0.29, 0.717) is 6.04 Å². The highest BCUT2D eigenvalue weighted by Gasteiger charge is 2.33. The third kappa shape index (κ3) is 2.22. The Labute approximate surface area is 102 Å². The van der Waals surface area contributed by atoms with Crippen LogP contribution < -0.4 is 10.6 Å². The van der Waals surface area contributed by atoms with E-state index in [9.17, 15) is 0 Å². The molecule has 4 heterocycles. The number of fused-ring (bicyclic) bond motifs is 3. The van der Waals surface area contributed by atoms with E-state index in [1.807, 2.05) is 13.2 Å². The summed E-state index contributed by atoms with van der Waals surface area (Å²) >= 11 is 0. The van der Waals surface area contributed by atoms with E-state index in [4.69, 9.17) is 0 Å². The Hall–Kier alpha value is -1.29. The summed E-state index contributed by atoms with van der Waals surface area (Å²) in [6.45, 7) is 3.78. The number of nitrogens with one attached hydrogen (secondary N) is 2. The predicted molar refractivity (Wildman–Crippen MR) is 70.4 cm³/mol. The van der Waals surface area contributed by atoms with Crippen molar-refractivity contribution in [3.63, 3.8) is 0 Å². The Balaban J connectivity index is 1.70. The summed E-state index contributed by atoms with van der Waals surface area (Å²) in [4.78, 5) is 6.80. The quantitative estimate of drug-likeness (QED) is 0.831. The number of piperidine rings is 3. The van der Waals surface area contributed by atoms with E-state index in [1.165, 1.54) is 38.2 Å². The summed E-state index contributed by atoms with van der Waals surface area (Å²) in [7, 11) is 1.90. The highest BCUT2D eigenvalue weighted by atomic mass is 15.2. The van der Waals surface area contributed by atoms with Gasteiger partial charge >= 0.3 is 0 Å². The van der Waals surface area contributed by atoms with E-state index in [-0.39, 0.29) is 0 Å². The minimum Gasteiger partial charge on any atom is -0.381 e. The Morgan fingerprint density at radius 2 is 2.18 bits per heavy atom. The summed E-state index contributed by atoms with van der Waals surface area (Å²) in [6, 6.07) is 4.75. The Morgan fingerprint density at radius 3 is 2.82 bits per heavy atom. The van der Waals surface area contributed by atoms with Gasteiger partial charge in [-0.05, 0) is 37.9 Å². The molecule has 2 bridgehead atoms. The van der Waals surface area contributed by atoms with Gasteiger partial charge in [0.1, 0.15) is 5.82 Å². The highest BCUT2D eigenvalue weighted by Crippen LogP contribution is 2.29. The molecule has 92 valence electrons. The zero-order chi connectivity index (χ0) is 11.7. The molecular weight excluding hydrogens is 212 g/mol. The maximum absolute atomic E-state index is 4.24. The summed E-state index contributed by atoms with van der Waals surface area (Å²) in [5, 5.41) is 6.74. The van der Waals surface area contributed by atoms with Gasteiger partial charge in [-0.3, -0.25) is 0 Å². The third-order valence-electron chi connectivity index (χ3n) is 4.02. The molecule has 4 nitrogen and oxygen atoms in total. The van der Waals surface area contributed by atoms with Crippen LogP contribution in [-0.4, -0.2) is 42.6 Å². The number of aromatic nitrogens is 1. The highest BCUT2D eigenvalue weighted by molar-refractivity contribution is 5.52. The first-order valence-corrected chi connectivity index (χ1v) is 6.48. The summed E-state index contributed by atoms with van der Waals surface area (Å²) in [5.74, 6) is 1.78. The van der Waals surface area contributed by atoms with E-state index in [0.717, 1.165) is 11.7 Å². The first kappa shape index (κ1) is 10.8. The summed E-state index contributed by atoms with van der Waals surface area (Å²) in [6.07, 6.45) is 4.55. The lowest BCUT2D eigenvalue weighted by Gasteiger charge is -2.45. The van der Waals surface area contributed by atoms with Crippen molar-refractivity contribution in [2.45, 2.75) is 18.9 Å². The van der Waals surface area contributed by atoms with Gasteiger partial charge in [0.25, 0.3) is 0 Å². The van der Waals surface area contributed by atoms with Crippen LogP contribution in [-0.2, 0) is 0 Å². The van der Waals surface area contributed by atoms with Gasteiger partial charge in [0.2, 0.25) is 0 Å². The molecule has 0 aliphatic carbocycles. The molecule has 3 aliphatic rings. The smallest absolute Gasteiger partial charge is 0.127 e. The molecule has 4 heteroatoms. The topological polar surface area (TPSA) is 40.2 Å². The first-order valence-electron chi connectivity index (χ1n) is 6.48. The molecule has 1 atom stereocenters. The summed E-state index contributed by atoms with van der Waals surface area (Å²) < 4.78 is 0. The van der Waals surface area contributed by atoms with Crippen molar-refractivity contribution in [2.24, 2.45) is 5.92 Å². The van der Waals surface area contributed by atoms with Crippen LogP contribution in [0.15, 0.2) is 18.3 Å². The number of nitrogens with zero attached hydrogens (tertiary/aromatic N) is 2. The van der Waals surface area contributed by atoms with E-state index < -0.39 is 0 Å². The predicted octanol–water partition coefficient (Wildman–Crippen LogP) is 1.63. The second-order valence-electron chi connectivity index (χ2n) is 5.07. The molecule has 1 aromatic heterocycles. The summed E-state index contributed by atoms with van der Waals surface area (Å²) in [5.41, 5.74) is 1.18. The van der Waals surface area contributed by atoms with Crippen LogP contribution in [0.1, 0.15) is 12.8 Å². The fourth-order valence-electron chi connectivity index (χ4n) is 3.00. The van der Waals surface area contributed by atoms with Crippen LogP contribution in [0.3, 0.4) is 0 Å². The minimum atomic E-state index is 0.615. The van der Waals surface area contributed by atoms with Crippen molar-refractivity contribution < 1.29 is 0 Å². The second-order valence-corrected chi connectivity index (χ2v) is 5.07. The third-order valence-corrected chi connectivity index (χ3v) is 4.02. The van der Waals surface area contributed by atoms with Gasteiger partial charge in [-0.25, -0.2) is 4.98 Å². The molecule has 0 radical (unpaired) electrons. The number of rotatable bonds is 3. The lowest BCUT2D eigenvalue weighted by atomic mass is 9.84. The molecule has 4 rings (SSSR count). The van der Waals surface area contributed by atoms with Gasteiger partial charge in [0, 0.05) is 37.6 Å². The van der Waals surface area contributed by atoms with Crippen LogP contribution in [0, 0.1) is 5.92 Å². The van der Waals surface area contributed by atoms with Crippen molar-refractivity contribution in [1.29, 1.82) is 0 Å². The average molecular weight is 232 g/mol. The van der Waals surface area contributed by atoms with Gasteiger partial charge in [0.15, 0.2) is 0 Å². The maximum atomic E-state index is 4.24. The number of hydrogen-bond donors (Lipinski definition) is 2. The Kier molecular flexibility index (Phi) is 2.89. The van der Waals surface area contributed by atoms with Gasteiger partial charge in [-0.1, -0.05) is 0 Å². The monoisotopic (exact) mass is 232 g/mol. The first-order chi connectivity index (χ1) is 8.35.